The van der Waals surface area contributed by atoms with Crippen LogP contribution in [0.4, 0.5) is 22.4 Å². The van der Waals surface area contributed by atoms with Crippen LogP contribution in [-0.2, 0) is 38.8 Å². The van der Waals surface area contributed by atoms with Crippen molar-refractivity contribution in [3.63, 3.8) is 0 Å². The van der Waals surface area contributed by atoms with E-state index in [0.29, 0.717) is 32.0 Å². The molecule has 1 aliphatic heterocycles. The van der Waals surface area contributed by atoms with Gasteiger partial charge in [0.1, 0.15) is 34.6 Å². The Morgan fingerprint density at radius 2 is 1.29 bits per heavy atom. The molecule has 7 nitrogen and oxygen atoms in total. The predicted molar refractivity (Wildman–Crippen MR) is 183 cm³/mol. The number of carbonyl (C=O) groups is 1. The molecular formula is C40H43F4NO6. The molecule has 51 heavy (non-hydrogen) atoms. The van der Waals surface area contributed by atoms with Gasteiger partial charge in [0.15, 0.2) is 0 Å². The summed E-state index contributed by atoms with van der Waals surface area (Å²) >= 11 is 0. The van der Waals surface area contributed by atoms with Crippen molar-refractivity contribution in [2.75, 3.05) is 26.3 Å². The van der Waals surface area contributed by atoms with Crippen molar-refractivity contribution in [2.24, 2.45) is 0 Å². The first kappa shape index (κ1) is 37.8. The third-order valence-electron chi connectivity index (χ3n) is 8.25. The smallest absolute Gasteiger partial charge is 0.410 e. The van der Waals surface area contributed by atoms with Crippen LogP contribution in [0.2, 0.25) is 0 Å². The molecule has 1 amide bonds. The lowest BCUT2D eigenvalue weighted by Gasteiger charge is -2.43. The summed E-state index contributed by atoms with van der Waals surface area (Å²) in [7, 11) is 0. The summed E-state index contributed by atoms with van der Waals surface area (Å²) in [5.74, 6) is -2.49. The molecule has 1 fully saturated rings. The van der Waals surface area contributed by atoms with Gasteiger partial charge in [-0.2, -0.15) is 0 Å². The molecule has 1 saturated heterocycles. The molecule has 0 radical (unpaired) electrons. The van der Waals surface area contributed by atoms with Gasteiger partial charge in [-0.05, 0) is 80.4 Å². The van der Waals surface area contributed by atoms with Gasteiger partial charge in [-0.15, -0.1) is 0 Å². The summed E-state index contributed by atoms with van der Waals surface area (Å²) in [4.78, 5) is 14.7. The molecule has 0 N–H and O–H groups in total. The summed E-state index contributed by atoms with van der Waals surface area (Å²) in [6, 6.07) is 23.4. The van der Waals surface area contributed by atoms with Crippen molar-refractivity contribution >= 4 is 6.09 Å². The molecule has 11 heteroatoms. The highest BCUT2D eigenvalue weighted by Crippen LogP contribution is 2.36. The second-order valence-electron chi connectivity index (χ2n) is 13.4. The largest absolute Gasteiger partial charge is 0.494 e. The van der Waals surface area contributed by atoms with E-state index in [1.54, 1.807) is 32.9 Å². The highest BCUT2D eigenvalue weighted by Gasteiger charge is 2.42. The van der Waals surface area contributed by atoms with Gasteiger partial charge in [0, 0.05) is 23.5 Å². The van der Waals surface area contributed by atoms with Crippen molar-refractivity contribution in [3.8, 4) is 5.75 Å². The SMILES string of the molecule is CC(C)(C)OC(=O)N1C[C@H](OCc2cc(F)ccc2F)C(c2ccc(OCCCOCc3ccccc3)cc2)[C@H](OCc2cc(F)ccc2F)C1. The minimum atomic E-state index is -0.806. The number of rotatable bonds is 14. The van der Waals surface area contributed by atoms with Crippen LogP contribution in [0.3, 0.4) is 0 Å². The van der Waals surface area contributed by atoms with E-state index in [0.717, 1.165) is 47.5 Å². The Hall–Kier alpha value is -4.45. The van der Waals surface area contributed by atoms with Crippen LogP contribution in [-0.4, -0.2) is 55.1 Å². The number of nitrogens with zero attached hydrogens (tertiary/aromatic N) is 1. The topological polar surface area (TPSA) is 66.5 Å². The molecule has 1 heterocycles. The monoisotopic (exact) mass is 709 g/mol. The number of ether oxygens (including phenoxy) is 5. The first-order valence-electron chi connectivity index (χ1n) is 16.9. The highest BCUT2D eigenvalue weighted by atomic mass is 19.1. The van der Waals surface area contributed by atoms with Crippen molar-refractivity contribution in [1.29, 1.82) is 0 Å². The van der Waals surface area contributed by atoms with Gasteiger partial charge in [-0.25, -0.2) is 22.4 Å². The van der Waals surface area contributed by atoms with Gasteiger partial charge >= 0.3 is 6.09 Å². The minimum Gasteiger partial charge on any atom is -0.494 e. The Bertz CT molecular complexity index is 1650. The average molecular weight is 710 g/mol. The quantitative estimate of drug-likeness (QED) is 0.0964. The van der Waals surface area contributed by atoms with E-state index in [4.69, 9.17) is 23.7 Å². The van der Waals surface area contributed by atoms with E-state index in [2.05, 4.69) is 0 Å². The van der Waals surface area contributed by atoms with Crippen LogP contribution in [0.5, 0.6) is 5.75 Å². The Morgan fingerprint density at radius 3 is 1.84 bits per heavy atom. The Morgan fingerprint density at radius 1 is 0.725 bits per heavy atom. The van der Waals surface area contributed by atoms with Crippen molar-refractivity contribution in [3.05, 3.63) is 137 Å². The number of piperidine rings is 1. The average Bonchev–Trinajstić information content (AvgIpc) is 3.10. The summed E-state index contributed by atoms with van der Waals surface area (Å²) in [5.41, 5.74) is 1.03. The number of hydrogen-bond donors (Lipinski definition) is 0. The predicted octanol–water partition coefficient (Wildman–Crippen LogP) is 8.73. The van der Waals surface area contributed by atoms with E-state index < -0.39 is 53.1 Å². The first-order valence-corrected chi connectivity index (χ1v) is 16.9. The maximum absolute atomic E-state index is 14.6. The molecule has 0 aromatic heterocycles. The third kappa shape index (κ3) is 11.3. The Labute approximate surface area is 296 Å². The summed E-state index contributed by atoms with van der Waals surface area (Å²) in [6.45, 7) is 6.15. The van der Waals surface area contributed by atoms with Gasteiger partial charge < -0.3 is 28.6 Å². The number of likely N-dealkylation sites (tertiary alicyclic amines) is 1. The van der Waals surface area contributed by atoms with Crippen LogP contribution in [0, 0.1) is 23.3 Å². The van der Waals surface area contributed by atoms with Gasteiger partial charge in [-0.1, -0.05) is 42.5 Å². The molecule has 5 rings (SSSR count). The van der Waals surface area contributed by atoms with Gasteiger partial charge in [-0.3, -0.25) is 0 Å². The number of hydrogen-bond acceptors (Lipinski definition) is 6. The first-order chi connectivity index (χ1) is 24.4. The second kappa shape index (κ2) is 17.7. The number of amides is 1. The molecule has 0 bridgehead atoms. The molecular weight excluding hydrogens is 666 g/mol. The van der Waals surface area contributed by atoms with E-state index in [9.17, 15) is 22.4 Å². The van der Waals surface area contributed by atoms with Crippen LogP contribution in [0.25, 0.3) is 0 Å². The van der Waals surface area contributed by atoms with E-state index in [1.165, 1.54) is 4.90 Å². The fraction of sp³-hybridized carbons (Fsp3) is 0.375. The zero-order valence-corrected chi connectivity index (χ0v) is 29.0. The molecule has 1 unspecified atom stereocenters. The van der Waals surface area contributed by atoms with E-state index in [-0.39, 0.29) is 37.4 Å². The number of carbonyl (C=O) groups excluding carboxylic acids is 1. The number of halogens is 4. The van der Waals surface area contributed by atoms with Crippen LogP contribution >= 0.6 is 0 Å². The molecule has 272 valence electrons. The van der Waals surface area contributed by atoms with Crippen LogP contribution in [0.15, 0.2) is 91.0 Å². The molecule has 4 aromatic rings. The maximum Gasteiger partial charge on any atom is 0.410 e. The van der Waals surface area contributed by atoms with E-state index >= 15 is 0 Å². The molecule has 0 spiro atoms. The normalized spacial score (nSPS) is 17.7. The lowest BCUT2D eigenvalue weighted by Crippen LogP contribution is -2.55. The molecule has 1 aliphatic rings. The standard InChI is InChI=1S/C40H43F4NO6/c1-40(2,3)51-39(46)45-22-36(49-25-29-20-31(41)12-16-34(29)43)38(37(23-45)50-26-30-21-32(42)13-17-35(30)44)28-10-14-33(15-11-28)48-19-7-18-47-24-27-8-5-4-6-9-27/h4-6,8-17,20-21,36-38H,7,18-19,22-26H2,1-3H3/t36-,37+,38?. The van der Waals surface area contributed by atoms with Gasteiger partial charge in [0.25, 0.3) is 0 Å². The molecule has 0 aliphatic carbocycles. The fourth-order valence-corrected chi connectivity index (χ4v) is 5.80. The molecule has 0 saturated carbocycles. The highest BCUT2D eigenvalue weighted by molar-refractivity contribution is 5.68. The Kier molecular flexibility index (Phi) is 13.1. The fourth-order valence-electron chi connectivity index (χ4n) is 5.80. The van der Waals surface area contributed by atoms with Crippen molar-refractivity contribution in [1.82, 2.24) is 4.90 Å². The van der Waals surface area contributed by atoms with Crippen molar-refractivity contribution in [2.45, 2.75) is 70.7 Å². The lowest BCUT2D eigenvalue weighted by molar-refractivity contribution is -0.101. The Balaban J connectivity index is 1.34. The second-order valence-corrected chi connectivity index (χ2v) is 13.4. The third-order valence-corrected chi connectivity index (χ3v) is 8.25. The maximum atomic E-state index is 14.6. The molecule has 3 atom stereocenters. The number of benzene rings is 4. The van der Waals surface area contributed by atoms with Crippen LogP contribution in [0.1, 0.15) is 55.4 Å². The zero-order chi connectivity index (χ0) is 36.4. The van der Waals surface area contributed by atoms with E-state index in [1.807, 2.05) is 42.5 Å². The zero-order valence-electron chi connectivity index (χ0n) is 29.0. The van der Waals surface area contributed by atoms with Gasteiger partial charge in [0.2, 0.25) is 0 Å². The summed E-state index contributed by atoms with van der Waals surface area (Å²) in [5, 5.41) is 0. The van der Waals surface area contributed by atoms with Gasteiger partial charge in [0.05, 0.1) is 58.3 Å². The summed E-state index contributed by atoms with van der Waals surface area (Å²) < 4.78 is 87.2. The molecule has 4 aromatic carbocycles. The van der Waals surface area contributed by atoms with Crippen molar-refractivity contribution < 1.29 is 46.0 Å². The summed E-state index contributed by atoms with van der Waals surface area (Å²) in [6.07, 6.45) is -1.56. The van der Waals surface area contributed by atoms with Crippen LogP contribution < -0.4 is 4.74 Å². The lowest BCUT2D eigenvalue weighted by atomic mass is 9.84. The minimum absolute atomic E-state index is 0.000984.